The van der Waals surface area contributed by atoms with Gasteiger partial charge in [-0.15, -0.1) is 0 Å². The quantitative estimate of drug-likeness (QED) is 0.816. The minimum atomic E-state index is 0.106. The van der Waals surface area contributed by atoms with Gasteiger partial charge in [0, 0.05) is 10.0 Å². The summed E-state index contributed by atoms with van der Waals surface area (Å²) in [6.45, 7) is 6.56. The summed E-state index contributed by atoms with van der Waals surface area (Å²) in [6.07, 6.45) is 2.26. The van der Waals surface area contributed by atoms with Gasteiger partial charge in [0.05, 0.1) is 13.2 Å². The van der Waals surface area contributed by atoms with Gasteiger partial charge in [0.1, 0.15) is 11.9 Å². The Morgan fingerprint density at radius 2 is 2.16 bits per heavy atom. The number of ether oxygens (including phenoxy) is 1. The van der Waals surface area contributed by atoms with Crippen LogP contribution in [0, 0.1) is 0 Å². The zero-order valence-corrected chi connectivity index (χ0v) is 13.6. The Morgan fingerprint density at radius 1 is 1.42 bits per heavy atom. The van der Waals surface area contributed by atoms with E-state index in [0.29, 0.717) is 5.92 Å². The van der Waals surface area contributed by atoms with Crippen LogP contribution in [0.25, 0.3) is 0 Å². The van der Waals surface area contributed by atoms with E-state index >= 15 is 0 Å². The molecule has 2 atom stereocenters. The number of fused-ring (bicyclic) bond motifs is 1. The predicted octanol–water partition coefficient (Wildman–Crippen LogP) is 4.33. The van der Waals surface area contributed by atoms with Crippen LogP contribution in [0.4, 0.5) is 0 Å². The first-order valence-corrected chi connectivity index (χ1v) is 7.66. The molecule has 3 nitrogen and oxygen atoms in total. The molecule has 0 saturated heterocycles. The van der Waals surface area contributed by atoms with Gasteiger partial charge in [-0.1, -0.05) is 43.1 Å². The zero-order valence-electron chi connectivity index (χ0n) is 12.0. The van der Waals surface area contributed by atoms with Crippen molar-refractivity contribution in [1.82, 2.24) is 5.48 Å². The summed E-state index contributed by atoms with van der Waals surface area (Å²) in [4.78, 5) is 5.15. The minimum absolute atomic E-state index is 0.106. The molecule has 0 bridgehead atoms. The number of nitrogens with one attached hydrogen (secondary N) is 1. The molecular weight excluding hydrogens is 306 g/mol. The molecule has 1 aromatic rings. The van der Waals surface area contributed by atoms with Crippen molar-refractivity contribution in [3.05, 3.63) is 27.7 Å². The number of hydroxylamine groups is 1. The Hall–Kier alpha value is -0.580. The van der Waals surface area contributed by atoms with Crippen LogP contribution < -0.4 is 10.2 Å². The lowest BCUT2D eigenvalue weighted by atomic mass is 9.96. The van der Waals surface area contributed by atoms with Gasteiger partial charge >= 0.3 is 0 Å². The molecule has 1 aliphatic heterocycles. The molecule has 19 heavy (non-hydrogen) atoms. The lowest BCUT2D eigenvalue weighted by Crippen LogP contribution is -2.30. The molecule has 1 aromatic carbocycles. The Kier molecular flexibility index (Phi) is 4.87. The number of hydrogen-bond donors (Lipinski definition) is 1. The van der Waals surface area contributed by atoms with Gasteiger partial charge in [-0.25, -0.2) is 0 Å². The molecule has 2 rings (SSSR count). The second-order valence-electron chi connectivity index (χ2n) is 5.31. The van der Waals surface area contributed by atoms with Gasteiger partial charge in [-0.3, -0.25) is 0 Å². The SMILES string of the molecule is CCCC1Oc2c(C(C)C)cc(Br)cc2C1NOC. The molecule has 2 unspecified atom stereocenters. The molecule has 0 spiro atoms. The summed E-state index contributed by atoms with van der Waals surface area (Å²) in [5.41, 5.74) is 5.53. The summed E-state index contributed by atoms with van der Waals surface area (Å²) in [5.74, 6) is 1.47. The molecule has 106 valence electrons. The molecule has 1 N–H and O–H groups in total. The molecule has 0 fully saturated rings. The maximum absolute atomic E-state index is 6.20. The van der Waals surface area contributed by atoms with Crippen LogP contribution in [0.1, 0.15) is 56.7 Å². The van der Waals surface area contributed by atoms with Gasteiger partial charge in [0.25, 0.3) is 0 Å². The van der Waals surface area contributed by atoms with Crippen LogP contribution in [-0.2, 0) is 4.84 Å². The normalized spacial score (nSPS) is 21.6. The number of halogens is 1. The smallest absolute Gasteiger partial charge is 0.128 e. The van der Waals surface area contributed by atoms with Crippen LogP contribution in [-0.4, -0.2) is 13.2 Å². The topological polar surface area (TPSA) is 30.5 Å². The van der Waals surface area contributed by atoms with Gasteiger partial charge in [-0.05, 0) is 30.0 Å². The second-order valence-corrected chi connectivity index (χ2v) is 6.23. The third kappa shape index (κ3) is 2.96. The Morgan fingerprint density at radius 3 is 2.74 bits per heavy atom. The molecule has 0 radical (unpaired) electrons. The fourth-order valence-corrected chi connectivity index (χ4v) is 3.12. The summed E-state index contributed by atoms with van der Waals surface area (Å²) >= 11 is 3.60. The molecule has 0 saturated carbocycles. The average molecular weight is 328 g/mol. The molecule has 4 heteroatoms. The largest absolute Gasteiger partial charge is 0.488 e. The maximum Gasteiger partial charge on any atom is 0.128 e. The fourth-order valence-electron chi connectivity index (χ4n) is 2.63. The van der Waals surface area contributed by atoms with Crippen molar-refractivity contribution in [2.45, 2.75) is 51.7 Å². The van der Waals surface area contributed by atoms with Crippen LogP contribution in [0.15, 0.2) is 16.6 Å². The molecule has 1 aliphatic rings. The monoisotopic (exact) mass is 327 g/mol. The van der Waals surface area contributed by atoms with E-state index in [2.05, 4.69) is 54.3 Å². The van der Waals surface area contributed by atoms with Gasteiger partial charge in [0.2, 0.25) is 0 Å². The van der Waals surface area contributed by atoms with Gasteiger partial charge < -0.3 is 9.57 Å². The molecule has 1 heterocycles. The molecule has 0 aromatic heterocycles. The molecular formula is C15H22BrNO2. The number of rotatable bonds is 5. The van der Waals surface area contributed by atoms with E-state index in [1.807, 2.05) is 0 Å². The van der Waals surface area contributed by atoms with Crippen LogP contribution >= 0.6 is 15.9 Å². The van der Waals surface area contributed by atoms with E-state index in [4.69, 9.17) is 9.57 Å². The van der Waals surface area contributed by atoms with E-state index in [9.17, 15) is 0 Å². The first kappa shape index (κ1) is 14.8. The van der Waals surface area contributed by atoms with Crippen LogP contribution in [0.3, 0.4) is 0 Å². The van der Waals surface area contributed by atoms with Crippen molar-refractivity contribution in [3.8, 4) is 5.75 Å². The van der Waals surface area contributed by atoms with E-state index in [-0.39, 0.29) is 12.1 Å². The highest BCUT2D eigenvalue weighted by Crippen LogP contribution is 2.44. The van der Waals surface area contributed by atoms with Crippen molar-refractivity contribution in [1.29, 1.82) is 0 Å². The fraction of sp³-hybridized carbons (Fsp3) is 0.600. The van der Waals surface area contributed by atoms with Crippen LogP contribution in [0.2, 0.25) is 0 Å². The van der Waals surface area contributed by atoms with Crippen molar-refractivity contribution < 1.29 is 9.57 Å². The third-order valence-electron chi connectivity index (χ3n) is 3.53. The van der Waals surface area contributed by atoms with Crippen molar-refractivity contribution in [3.63, 3.8) is 0 Å². The Labute approximate surface area is 123 Å². The second kappa shape index (κ2) is 6.25. The highest BCUT2D eigenvalue weighted by Gasteiger charge is 2.36. The Bertz CT molecular complexity index is 448. The van der Waals surface area contributed by atoms with Crippen molar-refractivity contribution >= 4 is 15.9 Å². The van der Waals surface area contributed by atoms with E-state index in [0.717, 1.165) is 23.1 Å². The van der Waals surface area contributed by atoms with E-state index < -0.39 is 0 Å². The van der Waals surface area contributed by atoms with Gasteiger partial charge in [-0.2, -0.15) is 5.48 Å². The third-order valence-corrected chi connectivity index (χ3v) is 3.99. The number of hydrogen-bond acceptors (Lipinski definition) is 3. The zero-order chi connectivity index (χ0) is 14.0. The highest BCUT2D eigenvalue weighted by molar-refractivity contribution is 9.10. The number of benzene rings is 1. The van der Waals surface area contributed by atoms with E-state index in [1.165, 1.54) is 11.1 Å². The lowest BCUT2D eigenvalue weighted by molar-refractivity contribution is 0.0268. The van der Waals surface area contributed by atoms with Crippen molar-refractivity contribution in [2.24, 2.45) is 0 Å². The summed E-state index contributed by atoms with van der Waals surface area (Å²) in [7, 11) is 1.66. The lowest BCUT2D eigenvalue weighted by Gasteiger charge is -2.18. The standard InChI is InChI=1S/C15H22BrNO2/c1-5-6-13-14(17-18-4)12-8-10(16)7-11(9(2)3)15(12)19-13/h7-9,13-14,17H,5-6H2,1-4H3. The Balaban J connectivity index is 2.43. The van der Waals surface area contributed by atoms with Crippen molar-refractivity contribution in [2.75, 3.05) is 7.11 Å². The first-order chi connectivity index (χ1) is 9.08. The summed E-state index contributed by atoms with van der Waals surface area (Å²) < 4.78 is 7.29. The van der Waals surface area contributed by atoms with E-state index in [1.54, 1.807) is 7.11 Å². The predicted molar refractivity (Wildman–Crippen MR) is 80.4 cm³/mol. The first-order valence-electron chi connectivity index (χ1n) is 6.87. The minimum Gasteiger partial charge on any atom is -0.488 e. The van der Waals surface area contributed by atoms with Crippen LogP contribution in [0.5, 0.6) is 5.75 Å². The highest BCUT2D eigenvalue weighted by atomic mass is 79.9. The molecule has 0 aliphatic carbocycles. The summed E-state index contributed by atoms with van der Waals surface area (Å²) in [5, 5.41) is 0. The molecule has 0 amide bonds. The van der Waals surface area contributed by atoms with Gasteiger partial charge in [0.15, 0.2) is 0 Å². The average Bonchev–Trinajstić information content (AvgIpc) is 2.68. The maximum atomic E-state index is 6.20. The summed E-state index contributed by atoms with van der Waals surface area (Å²) in [6, 6.07) is 4.39.